The Balaban J connectivity index is 2.23. The first-order valence-electron chi connectivity index (χ1n) is 6.78. The van der Waals surface area contributed by atoms with E-state index in [9.17, 15) is 4.79 Å². The smallest absolute Gasteiger partial charge is 0.262 e. The van der Waals surface area contributed by atoms with Crippen LogP contribution in [0.3, 0.4) is 0 Å². The molecule has 0 spiro atoms. The van der Waals surface area contributed by atoms with Crippen molar-refractivity contribution in [2.24, 2.45) is 0 Å². The molecule has 1 N–H and O–H groups in total. The summed E-state index contributed by atoms with van der Waals surface area (Å²) in [7, 11) is 0. The lowest BCUT2D eigenvalue weighted by molar-refractivity contribution is -0.117. The lowest BCUT2D eigenvalue weighted by Gasteiger charge is -2.06. The van der Waals surface area contributed by atoms with E-state index in [-0.39, 0.29) is 17.5 Å². The number of carbonyl (C=O) groups excluding carboxylic acids is 1. The number of benzene rings is 1. The highest BCUT2D eigenvalue weighted by Gasteiger charge is 2.11. The number of rotatable bonds is 4. The Morgan fingerprint density at radius 2 is 1.95 bits per heavy atom. The van der Waals surface area contributed by atoms with Crippen LogP contribution in [0.2, 0.25) is 0 Å². The van der Waals surface area contributed by atoms with Gasteiger partial charge in [0, 0.05) is 20.3 Å². The van der Waals surface area contributed by atoms with E-state index in [1.807, 2.05) is 56.3 Å². The number of carbonyl (C=O) groups is 1. The molecule has 0 radical (unpaired) electrons. The minimum atomic E-state index is -0.337. The third-order valence-electron chi connectivity index (χ3n) is 2.83. The Morgan fingerprint density at radius 1 is 1.27 bits per heavy atom. The topological polar surface area (TPSA) is 52.9 Å². The number of nitriles is 1. The fourth-order valence-corrected chi connectivity index (χ4v) is 3.05. The molecule has 1 heterocycles. The van der Waals surface area contributed by atoms with E-state index in [4.69, 9.17) is 5.26 Å². The lowest BCUT2D eigenvalue weighted by atomic mass is 10.2. The van der Waals surface area contributed by atoms with Gasteiger partial charge in [-0.25, -0.2) is 0 Å². The van der Waals surface area contributed by atoms with Crippen molar-refractivity contribution in [1.82, 2.24) is 5.32 Å². The first-order valence-corrected chi connectivity index (χ1v) is 8.39. The summed E-state index contributed by atoms with van der Waals surface area (Å²) in [5.41, 5.74) is 1.23. The molecule has 1 aromatic carbocycles. The van der Waals surface area contributed by atoms with E-state index in [0.29, 0.717) is 0 Å². The highest BCUT2D eigenvalue weighted by molar-refractivity contribution is 9.10. The predicted molar refractivity (Wildman–Crippen MR) is 94.3 cm³/mol. The van der Waals surface area contributed by atoms with Gasteiger partial charge in [0.05, 0.1) is 0 Å². The number of hydrogen-bond acceptors (Lipinski definition) is 3. The fraction of sp³-hybridized carbons (Fsp3) is 0.176. The summed E-state index contributed by atoms with van der Waals surface area (Å²) in [6.45, 7) is 3.73. The number of halogens is 1. The molecule has 0 atom stereocenters. The highest BCUT2D eigenvalue weighted by Crippen LogP contribution is 2.30. The van der Waals surface area contributed by atoms with Crippen molar-refractivity contribution in [1.29, 1.82) is 5.26 Å². The molecule has 0 bridgehead atoms. The fourth-order valence-electron chi connectivity index (χ4n) is 1.83. The van der Waals surface area contributed by atoms with Crippen molar-refractivity contribution in [2.45, 2.75) is 19.9 Å². The van der Waals surface area contributed by atoms with Crippen LogP contribution in [0.15, 0.2) is 46.4 Å². The average molecular weight is 375 g/mol. The number of nitrogens with one attached hydrogen (secondary N) is 1. The van der Waals surface area contributed by atoms with E-state index in [0.717, 1.165) is 19.8 Å². The van der Waals surface area contributed by atoms with Crippen LogP contribution in [0.25, 0.3) is 16.5 Å². The van der Waals surface area contributed by atoms with E-state index < -0.39 is 0 Å². The SMILES string of the molecule is CC(C)NC(=O)/C(C#N)=C/c1ccc(-c2ccc(Br)cc2)s1. The van der Waals surface area contributed by atoms with Crippen molar-refractivity contribution < 1.29 is 4.79 Å². The molecule has 0 aliphatic heterocycles. The van der Waals surface area contributed by atoms with Gasteiger partial charge < -0.3 is 5.32 Å². The third kappa shape index (κ3) is 4.30. The van der Waals surface area contributed by atoms with Gasteiger partial charge in [-0.15, -0.1) is 11.3 Å². The average Bonchev–Trinajstić information content (AvgIpc) is 2.93. The molecule has 2 rings (SSSR count). The van der Waals surface area contributed by atoms with Gasteiger partial charge >= 0.3 is 0 Å². The molecule has 0 saturated heterocycles. The molecule has 1 amide bonds. The van der Waals surface area contributed by atoms with Gasteiger partial charge in [-0.3, -0.25) is 4.79 Å². The third-order valence-corrected chi connectivity index (χ3v) is 4.44. The van der Waals surface area contributed by atoms with Gasteiger partial charge in [0.25, 0.3) is 5.91 Å². The van der Waals surface area contributed by atoms with Crippen LogP contribution in [0.4, 0.5) is 0 Å². The second-order valence-electron chi connectivity index (χ2n) is 5.01. The van der Waals surface area contributed by atoms with Crippen LogP contribution < -0.4 is 5.32 Å². The molecule has 0 aliphatic carbocycles. The largest absolute Gasteiger partial charge is 0.349 e. The monoisotopic (exact) mass is 374 g/mol. The summed E-state index contributed by atoms with van der Waals surface area (Å²) in [6, 6.07) is 13.9. The van der Waals surface area contributed by atoms with Crippen LogP contribution in [-0.4, -0.2) is 11.9 Å². The first kappa shape index (κ1) is 16.5. The first-order chi connectivity index (χ1) is 10.5. The quantitative estimate of drug-likeness (QED) is 0.627. The van der Waals surface area contributed by atoms with Crippen LogP contribution in [0.1, 0.15) is 18.7 Å². The molecule has 5 heteroatoms. The Bertz CT molecular complexity index is 739. The van der Waals surface area contributed by atoms with E-state index >= 15 is 0 Å². The van der Waals surface area contributed by atoms with Gasteiger partial charge in [0.15, 0.2) is 0 Å². The van der Waals surface area contributed by atoms with Crippen molar-refractivity contribution in [3.05, 3.63) is 51.3 Å². The Hall–Kier alpha value is -1.90. The van der Waals surface area contributed by atoms with Gasteiger partial charge in [0.2, 0.25) is 0 Å². The summed E-state index contributed by atoms with van der Waals surface area (Å²) in [6.07, 6.45) is 1.63. The number of hydrogen-bond donors (Lipinski definition) is 1. The van der Waals surface area contributed by atoms with Crippen molar-refractivity contribution in [2.75, 3.05) is 0 Å². The van der Waals surface area contributed by atoms with Gasteiger partial charge in [-0.1, -0.05) is 28.1 Å². The molecule has 112 valence electrons. The summed E-state index contributed by atoms with van der Waals surface area (Å²) >= 11 is 4.96. The van der Waals surface area contributed by atoms with E-state index in [2.05, 4.69) is 21.2 Å². The zero-order valence-electron chi connectivity index (χ0n) is 12.3. The van der Waals surface area contributed by atoms with E-state index in [1.54, 1.807) is 17.4 Å². The zero-order chi connectivity index (χ0) is 16.1. The molecule has 3 nitrogen and oxygen atoms in total. The van der Waals surface area contributed by atoms with Crippen molar-refractivity contribution in [3.63, 3.8) is 0 Å². The summed E-state index contributed by atoms with van der Waals surface area (Å²) in [5, 5.41) is 11.9. The maximum atomic E-state index is 11.9. The Labute approximate surface area is 142 Å². The second kappa shape index (κ2) is 7.39. The predicted octanol–water partition coefficient (Wildman–Crippen LogP) is 4.61. The van der Waals surface area contributed by atoms with Gasteiger partial charge in [-0.2, -0.15) is 5.26 Å². The molecule has 0 saturated carbocycles. The molecule has 2 aromatic rings. The molecule has 0 fully saturated rings. The molecule has 22 heavy (non-hydrogen) atoms. The number of nitrogens with zero attached hydrogens (tertiary/aromatic N) is 1. The summed E-state index contributed by atoms with van der Waals surface area (Å²) in [4.78, 5) is 13.9. The van der Waals surface area contributed by atoms with E-state index in [1.165, 1.54) is 0 Å². The highest BCUT2D eigenvalue weighted by atomic mass is 79.9. The minimum absolute atomic E-state index is 0.00547. The number of amides is 1. The van der Waals surface area contributed by atoms with Gasteiger partial charge in [0.1, 0.15) is 11.6 Å². The normalized spacial score (nSPS) is 11.3. The summed E-state index contributed by atoms with van der Waals surface area (Å²) < 4.78 is 1.03. The van der Waals surface area contributed by atoms with Crippen LogP contribution in [0, 0.1) is 11.3 Å². The van der Waals surface area contributed by atoms with Crippen LogP contribution >= 0.6 is 27.3 Å². The van der Waals surface area contributed by atoms with Gasteiger partial charge in [-0.05, 0) is 49.8 Å². The van der Waals surface area contributed by atoms with Crippen LogP contribution in [-0.2, 0) is 4.79 Å². The van der Waals surface area contributed by atoms with Crippen molar-refractivity contribution in [3.8, 4) is 16.5 Å². The number of thiophene rings is 1. The molecule has 0 aliphatic rings. The zero-order valence-corrected chi connectivity index (χ0v) is 14.7. The lowest BCUT2D eigenvalue weighted by Crippen LogP contribution is -2.30. The minimum Gasteiger partial charge on any atom is -0.349 e. The maximum absolute atomic E-state index is 11.9. The Kier molecular flexibility index (Phi) is 5.53. The molecule has 1 aromatic heterocycles. The maximum Gasteiger partial charge on any atom is 0.262 e. The standard InChI is InChI=1S/C17H15BrN2OS/c1-11(2)20-17(21)13(10-19)9-15-7-8-16(22-15)12-3-5-14(18)6-4-12/h3-9,11H,1-2H3,(H,20,21)/b13-9+. The molecular weight excluding hydrogens is 360 g/mol. The Morgan fingerprint density at radius 3 is 2.55 bits per heavy atom. The van der Waals surface area contributed by atoms with Crippen LogP contribution in [0.5, 0.6) is 0 Å². The molecule has 0 unspecified atom stereocenters. The molecular formula is C17H15BrN2OS. The van der Waals surface area contributed by atoms with Crippen molar-refractivity contribution >= 4 is 39.2 Å². The summed E-state index contributed by atoms with van der Waals surface area (Å²) in [5.74, 6) is -0.337. The second-order valence-corrected chi connectivity index (χ2v) is 7.04.